The lowest BCUT2D eigenvalue weighted by molar-refractivity contribution is -0.00000345. The van der Waals surface area contributed by atoms with E-state index in [0.29, 0.717) is 0 Å². The first kappa shape index (κ1) is 13.4. The van der Waals surface area contributed by atoms with Crippen molar-refractivity contribution in [3.63, 3.8) is 0 Å². The highest BCUT2D eigenvalue weighted by atomic mass is 127. The van der Waals surface area contributed by atoms with Crippen molar-refractivity contribution in [3.05, 3.63) is 29.3 Å². The molecule has 0 bridgehead atoms. The van der Waals surface area contributed by atoms with Crippen LogP contribution >= 0.6 is 0 Å². The smallest absolute Gasteiger partial charge is 0.136 e. The first-order valence-electron chi connectivity index (χ1n) is 5.25. The van der Waals surface area contributed by atoms with E-state index in [-0.39, 0.29) is 24.0 Å². The minimum atomic E-state index is 0. The summed E-state index contributed by atoms with van der Waals surface area (Å²) in [4.78, 5) is 0. The standard InChI is InChI=1S/C12H18N3.HI/c1-15(2,3)12-6-4-5-9-10(12)7-8-11(9)14-13;/h4-6H,7-8,13H2,1-3H3;1H/q+1;/p-1/b14-11+;. The zero-order chi connectivity index (χ0) is 11.1. The molecule has 0 radical (unpaired) electrons. The Kier molecular flexibility index (Phi) is 3.96. The fraction of sp³-hybridized carbons (Fsp3) is 0.417. The van der Waals surface area contributed by atoms with Crippen molar-refractivity contribution < 1.29 is 24.0 Å². The van der Waals surface area contributed by atoms with Crippen molar-refractivity contribution in [1.82, 2.24) is 4.48 Å². The lowest BCUT2D eigenvalue weighted by Gasteiger charge is -2.25. The molecule has 0 saturated heterocycles. The van der Waals surface area contributed by atoms with Crippen LogP contribution in [-0.4, -0.2) is 26.9 Å². The number of halogens is 1. The Morgan fingerprint density at radius 1 is 1.19 bits per heavy atom. The third-order valence-corrected chi connectivity index (χ3v) is 2.95. The van der Waals surface area contributed by atoms with Crippen LogP contribution in [0.2, 0.25) is 0 Å². The highest BCUT2D eigenvalue weighted by molar-refractivity contribution is 6.05. The van der Waals surface area contributed by atoms with Crippen LogP contribution in [0.5, 0.6) is 0 Å². The molecule has 4 heteroatoms. The van der Waals surface area contributed by atoms with E-state index in [4.69, 9.17) is 5.84 Å². The summed E-state index contributed by atoms with van der Waals surface area (Å²) in [6, 6.07) is 6.40. The van der Waals surface area contributed by atoms with E-state index < -0.39 is 0 Å². The maximum atomic E-state index is 5.39. The molecule has 3 nitrogen and oxygen atoms in total. The predicted octanol–water partition coefficient (Wildman–Crippen LogP) is -1.50. The van der Waals surface area contributed by atoms with Gasteiger partial charge in [0.25, 0.3) is 0 Å². The van der Waals surface area contributed by atoms with Gasteiger partial charge in [0.2, 0.25) is 0 Å². The average Bonchev–Trinajstić information content (AvgIpc) is 2.58. The molecule has 0 aromatic heterocycles. The molecule has 2 N–H and O–H groups in total. The Hall–Kier alpha value is -0.620. The second kappa shape index (κ2) is 4.71. The molecule has 0 amide bonds. The van der Waals surface area contributed by atoms with Crippen LogP contribution in [0, 0.1) is 0 Å². The van der Waals surface area contributed by atoms with E-state index in [9.17, 15) is 0 Å². The van der Waals surface area contributed by atoms with Crippen LogP contribution in [-0.2, 0) is 6.42 Å². The topological polar surface area (TPSA) is 38.4 Å². The van der Waals surface area contributed by atoms with Gasteiger partial charge in [-0.2, -0.15) is 5.10 Å². The zero-order valence-corrected chi connectivity index (χ0v) is 12.2. The van der Waals surface area contributed by atoms with E-state index in [1.807, 2.05) is 0 Å². The minimum Gasteiger partial charge on any atom is -1.00 e. The van der Waals surface area contributed by atoms with Crippen LogP contribution in [0.15, 0.2) is 23.3 Å². The summed E-state index contributed by atoms with van der Waals surface area (Å²) in [6.45, 7) is 0. The van der Waals surface area contributed by atoms with Gasteiger partial charge in [-0.1, -0.05) is 12.1 Å². The van der Waals surface area contributed by atoms with Gasteiger partial charge in [0, 0.05) is 11.1 Å². The van der Waals surface area contributed by atoms with Crippen molar-refractivity contribution in [2.45, 2.75) is 12.8 Å². The zero-order valence-electron chi connectivity index (χ0n) is 10.00. The van der Waals surface area contributed by atoms with E-state index in [1.54, 1.807) is 0 Å². The fourth-order valence-electron chi connectivity index (χ4n) is 2.25. The number of fused-ring (bicyclic) bond motifs is 1. The number of quaternary nitrogens is 1. The molecule has 1 aliphatic rings. The molecule has 0 aliphatic heterocycles. The quantitative estimate of drug-likeness (QED) is 0.289. The summed E-state index contributed by atoms with van der Waals surface area (Å²) in [6.07, 6.45) is 2.04. The molecule has 0 fully saturated rings. The van der Waals surface area contributed by atoms with Crippen molar-refractivity contribution >= 4 is 11.4 Å². The van der Waals surface area contributed by atoms with E-state index in [2.05, 4.69) is 44.4 Å². The molecule has 0 spiro atoms. The lowest BCUT2D eigenvalue weighted by atomic mass is 10.1. The van der Waals surface area contributed by atoms with Gasteiger partial charge < -0.3 is 29.8 Å². The molecule has 0 unspecified atom stereocenters. The summed E-state index contributed by atoms with van der Waals surface area (Å²) in [5.41, 5.74) is 5.06. The van der Waals surface area contributed by atoms with Crippen molar-refractivity contribution in [2.75, 3.05) is 21.1 Å². The molecule has 1 aromatic rings. The van der Waals surface area contributed by atoms with Crippen LogP contribution in [0.1, 0.15) is 17.5 Å². The van der Waals surface area contributed by atoms with Gasteiger partial charge in [0.15, 0.2) is 0 Å². The summed E-state index contributed by atoms with van der Waals surface area (Å²) in [5, 5.41) is 3.86. The third-order valence-electron chi connectivity index (χ3n) is 2.95. The second-order valence-corrected chi connectivity index (χ2v) is 4.89. The molecular weight excluding hydrogens is 313 g/mol. The maximum Gasteiger partial charge on any atom is 0.136 e. The monoisotopic (exact) mass is 331 g/mol. The first-order chi connectivity index (χ1) is 7.04. The van der Waals surface area contributed by atoms with Gasteiger partial charge in [-0.05, 0) is 18.9 Å². The number of rotatable bonds is 1. The number of nitrogens with zero attached hydrogens (tertiary/aromatic N) is 2. The van der Waals surface area contributed by atoms with Crippen molar-refractivity contribution in [1.29, 1.82) is 0 Å². The Labute approximate surface area is 114 Å². The van der Waals surface area contributed by atoms with Crippen LogP contribution < -0.4 is 34.3 Å². The summed E-state index contributed by atoms with van der Waals surface area (Å²) < 4.78 is 0.848. The largest absolute Gasteiger partial charge is 1.00 e. The molecule has 16 heavy (non-hydrogen) atoms. The van der Waals surface area contributed by atoms with Gasteiger partial charge in [-0.25, -0.2) is 0 Å². The van der Waals surface area contributed by atoms with E-state index in [0.717, 1.165) is 23.0 Å². The van der Waals surface area contributed by atoms with Gasteiger partial charge in [-0.15, -0.1) is 0 Å². The molecular formula is C12H18IN3. The molecule has 88 valence electrons. The van der Waals surface area contributed by atoms with Crippen LogP contribution in [0.25, 0.3) is 0 Å². The maximum absolute atomic E-state index is 5.39. The van der Waals surface area contributed by atoms with Crippen molar-refractivity contribution in [3.8, 4) is 0 Å². The predicted molar refractivity (Wildman–Crippen MR) is 65.1 cm³/mol. The molecule has 2 rings (SSSR count). The summed E-state index contributed by atoms with van der Waals surface area (Å²) in [5.74, 6) is 5.39. The molecule has 0 saturated carbocycles. The molecule has 0 atom stereocenters. The van der Waals surface area contributed by atoms with Gasteiger partial charge in [0.1, 0.15) is 5.69 Å². The highest BCUT2D eigenvalue weighted by Crippen LogP contribution is 2.32. The summed E-state index contributed by atoms with van der Waals surface area (Å²) >= 11 is 0. The summed E-state index contributed by atoms with van der Waals surface area (Å²) in [7, 11) is 6.56. The van der Waals surface area contributed by atoms with Crippen LogP contribution in [0.3, 0.4) is 0 Å². The molecule has 1 aliphatic carbocycles. The minimum absolute atomic E-state index is 0. The molecule has 0 heterocycles. The van der Waals surface area contributed by atoms with Gasteiger partial charge in [-0.3, -0.25) is 4.48 Å². The Balaban J connectivity index is 0.00000128. The second-order valence-electron chi connectivity index (χ2n) is 4.89. The fourth-order valence-corrected chi connectivity index (χ4v) is 2.25. The van der Waals surface area contributed by atoms with Crippen LogP contribution in [0.4, 0.5) is 5.69 Å². The lowest BCUT2D eigenvalue weighted by Crippen LogP contribution is -3.00. The Bertz CT molecular complexity index is 419. The number of hydrogen-bond donors (Lipinski definition) is 1. The number of benzene rings is 1. The number of nitrogens with two attached hydrogens (primary N) is 1. The molecule has 1 aromatic carbocycles. The Morgan fingerprint density at radius 2 is 1.88 bits per heavy atom. The SMILES string of the molecule is C[N+](C)(C)c1cccc2c1CC/C2=N\N.[I-]. The number of hydrogen-bond acceptors (Lipinski definition) is 2. The third kappa shape index (κ3) is 2.22. The van der Waals surface area contributed by atoms with Gasteiger partial charge >= 0.3 is 0 Å². The normalized spacial score (nSPS) is 17.1. The van der Waals surface area contributed by atoms with Gasteiger partial charge in [0.05, 0.1) is 26.9 Å². The van der Waals surface area contributed by atoms with E-state index >= 15 is 0 Å². The number of hydrazone groups is 1. The highest BCUT2D eigenvalue weighted by Gasteiger charge is 2.26. The Morgan fingerprint density at radius 3 is 2.44 bits per heavy atom. The average molecular weight is 331 g/mol. The first-order valence-corrected chi connectivity index (χ1v) is 5.25. The van der Waals surface area contributed by atoms with Crippen molar-refractivity contribution in [2.24, 2.45) is 10.9 Å². The van der Waals surface area contributed by atoms with E-state index in [1.165, 1.54) is 16.8 Å².